The number of benzene rings is 2. The highest BCUT2D eigenvalue weighted by molar-refractivity contribution is 6.09. The Morgan fingerprint density at radius 1 is 1.17 bits per heavy atom. The Hall–Kier alpha value is -3.22. The number of nitrogens with one attached hydrogen (secondary N) is 1. The van der Waals surface area contributed by atoms with E-state index in [-0.39, 0.29) is 18.1 Å². The van der Waals surface area contributed by atoms with Crippen LogP contribution in [0.5, 0.6) is 0 Å². The van der Waals surface area contributed by atoms with E-state index in [4.69, 9.17) is 4.74 Å². The second-order valence-electron chi connectivity index (χ2n) is 4.82. The van der Waals surface area contributed by atoms with Gasteiger partial charge < -0.3 is 4.74 Å². The second-order valence-corrected chi connectivity index (χ2v) is 4.82. The molecule has 0 saturated heterocycles. The van der Waals surface area contributed by atoms with Gasteiger partial charge in [0, 0.05) is 12.1 Å². The molecule has 2 aromatic rings. The number of non-ortho nitro benzene ring substituents is 1. The molecule has 0 unspecified atom stereocenters. The van der Waals surface area contributed by atoms with Gasteiger partial charge in [0.2, 0.25) is 0 Å². The van der Waals surface area contributed by atoms with Gasteiger partial charge in [-0.2, -0.15) is 5.10 Å². The second kappa shape index (κ2) is 8.42. The summed E-state index contributed by atoms with van der Waals surface area (Å²) in [7, 11) is 0. The lowest BCUT2D eigenvalue weighted by Crippen LogP contribution is -2.13. The molecule has 0 radical (unpaired) electrons. The summed E-state index contributed by atoms with van der Waals surface area (Å²) in [6, 6.07) is 15.1. The molecule has 0 fully saturated rings. The highest BCUT2D eigenvalue weighted by atomic mass is 16.6. The van der Waals surface area contributed by atoms with Gasteiger partial charge in [-0.05, 0) is 24.6 Å². The summed E-state index contributed by atoms with van der Waals surface area (Å²) in [5.74, 6) is -0.370. The molecule has 0 aliphatic rings. The minimum atomic E-state index is -0.469. The van der Waals surface area contributed by atoms with Crippen LogP contribution in [0, 0.1) is 10.1 Å². The molecular formula is C17H17N3O4. The molecule has 0 atom stereocenters. The molecule has 0 aliphatic heterocycles. The Kier molecular flexibility index (Phi) is 6.01. The molecule has 2 aromatic carbocycles. The molecule has 0 spiro atoms. The zero-order valence-electron chi connectivity index (χ0n) is 13.1. The number of hydrogen-bond acceptors (Lipinski definition) is 6. The first-order chi connectivity index (χ1) is 11.6. The molecule has 0 aliphatic carbocycles. The van der Waals surface area contributed by atoms with E-state index in [1.165, 1.54) is 12.1 Å². The highest BCUT2D eigenvalue weighted by Gasteiger charge is 2.11. The first-order valence-corrected chi connectivity index (χ1v) is 7.38. The smallest absolute Gasteiger partial charge is 0.311 e. The van der Waals surface area contributed by atoms with Crippen molar-refractivity contribution in [3.8, 4) is 0 Å². The van der Waals surface area contributed by atoms with Gasteiger partial charge in [0.05, 0.1) is 29.4 Å². The van der Waals surface area contributed by atoms with Gasteiger partial charge in [-0.3, -0.25) is 20.3 Å². The Morgan fingerprint density at radius 3 is 2.42 bits per heavy atom. The van der Waals surface area contributed by atoms with Crippen LogP contribution in [0.3, 0.4) is 0 Å². The summed E-state index contributed by atoms with van der Waals surface area (Å²) in [6.45, 7) is 2.04. The Bertz CT molecular complexity index is 727. The number of nitrogens with zero attached hydrogens (tertiary/aromatic N) is 2. The zero-order chi connectivity index (χ0) is 17.4. The van der Waals surface area contributed by atoms with Crippen molar-refractivity contribution in [2.45, 2.75) is 13.3 Å². The third-order valence-corrected chi connectivity index (χ3v) is 3.12. The van der Waals surface area contributed by atoms with Crippen molar-refractivity contribution in [1.82, 2.24) is 0 Å². The Balaban J connectivity index is 2.18. The van der Waals surface area contributed by atoms with Crippen LogP contribution in [-0.2, 0) is 9.53 Å². The van der Waals surface area contributed by atoms with Crippen molar-refractivity contribution in [2.24, 2.45) is 5.10 Å². The van der Waals surface area contributed by atoms with E-state index in [0.717, 1.165) is 5.56 Å². The molecular weight excluding hydrogens is 310 g/mol. The fraction of sp³-hybridized carbons (Fsp3) is 0.176. The lowest BCUT2D eigenvalue weighted by Gasteiger charge is -2.08. The molecule has 0 saturated carbocycles. The summed E-state index contributed by atoms with van der Waals surface area (Å²) in [5.41, 5.74) is 4.71. The summed E-state index contributed by atoms with van der Waals surface area (Å²) in [4.78, 5) is 21.9. The van der Waals surface area contributed by atoms with E-state index in [1.807, 2.05) is 30.3 Å². The van der Waals surface area contributed by atoms with Crippen molar-refractivity contribution in [3.05, 3.63) is 70.3 Å². The topological polar surface area (TPSA) is 93.8 Å². The van der Waals surface area contributed by atoms with Gasteiger partial charge in [-0.1, -0.05) is 30.3 Å². The van der Waals surface area contributed by atoms with Crippen LogP contribution in [0.25, 0.3) is 0 Å². The van der Waals surface area contributed by atoms with Crippen molar-refractivity contribution in [1.29, 1.82) is 0 Å². The van der Waals surface area contributed by atoms with Crippen LogP contribution in [0.15, 0.2) is 59.7 Å². The van der Waals surface area contributed by atoms with Crippen LogP contribution in [-0.4, -0.2) is 23.2 Å². The summed E-state index contributed by atoms with van der Waals surface area (Å²) < 4.78 is 4.97. The summed E-state index contributed by atoms with van der Waals surface area (Å²) in [5, 5.41) is 14.9. The Labute approximate surface area is 139 Å². The molecule has 124 valence electrons. The average molecular weight is 327 g/mol. The number of esters is 1. The van der Waals surface area contributed by atoms with Crippen LogP contribution in [0.2, 0.25) is 0 Å². The molecule has 1 N–H and O–H groups in total. The Morgan fingerprint density at radius 2 is 1.83 bits per heavy atom. The predicted molar refractivity (Wildman–Crippen MR) is 90.9 cm³/mol. The normalized spacial score (nSPS) is 11.0. The number of anilines is 1. The van der Waals surface area contributed by atoms with E-state index < -0.39 is 4.92 Å². The lowest BCUT2D eigenvalue weighted by molar-refractivity contribution is -0.384. The minimum absolute atomic E-state index is 0.000615. The number of hydrogen-bond donors (Lipinski definition) is 1. The maximum atomic E-state index is 11.8. The molecule has 0 amide bonds. The number of carbonyl (C=O) groups is 1. The average Bonchev–Trinajstić information content (AvgIpc) is 2.60. The monoisotopic (exact) mass is 327 g/mol. The summed E-state index contributed by atoms with van der Waals surface area (Å²) in [6.07, 6.45) is 0.0256. The van der Waals surface area contributed by atoms with Crippen molar-refractivity contribution < 1.29 is 14.5 Å². The maximum Gasteiger partial charge on any atom is 0.311 e. The van der Waals surface area contributed by atoms with Gasteiger partial charge in [-0.25, -0.2) is 0 Å². The third-order valence-electron chi connectivity index (χ3n) is 3.12. The maximum absolute atomic E-state index is 11.8. The SMILES string of the molecule is CCOC(=O)C/C(=N\Nc1ccc([N+](=O)[O-])cc1)c1ccccc1. The van der Waals surface area contributed by atoms with E-state index in [0.29, 0.717) is 18.0 Å². The van der Waals surface area contributed by atoms with Gasteiger partial charge in [0.15, 0.2) is 0 Å². The van der Waals surface area contributed by atoms with Crippen LogP contribution >= 0.6 is 0 Å². The van der Waals surface area contributed by atoms with Crippen molar-refractivity contribution in [3.63, 3.8) is 0 Å². The van der Waals surface area contributed by atoms with Crippen LogP contribution in [0.1, 0.15) is 18.9 Å². The number of ether oxygens (including phenoxy) is 1. The number of rotatable bonds is 7. The first-order valence-electron chi connectivity index (χ1n) is 7.38. The van der Waals surface area contributed by atoms with E-state index in [9.17, 15) is 14.9 Å². The molecule has 0 heterocycles. The number of carbonyl (C=O) groups excluding carboxylic acids is 1. The van der Waals surface area contributed by atoms with E-state index in [1.54, 1.807) is 19.1 Å². The number of hydrazone groups is 1. The summed E-state index contributed by atoms with van der Waals surface area (Å²) >= 11 is 0. The predicted octanol–water partition coefficient (Wildman–Crippen LogP) is 3.36. The molecule has 7 heteroatoms. The highest BCUT2D eigenvalue weighted by Crippen LogP contribution is 2.16. The largest absolute Gasteiger partial charge is 0.466 e. The molecule has 7 nitrogen and oxygen atoms in total. The first kappa shape index (κ1) is 17.1. The van der Waals surface area contributed by atoms with Crippen LogP contribution in [0.4, 0.5) is 11.4 Å². The lowest BCUT2D eigenvalue weighted by atomic mass is 10.1. The van der Waals surface area contributed by atoms with Crippen molar-refractivity contribution >= 4 is 23.1 Å². The third kappa shape index (κ3) is 4.91. The number of nitro groups is 1. The van der Waals surface area contributed by atoms with E-state index >= 15 is 0 Å². The minimum Gasteiger partial charge on any atom is -0.466 e. The number of nitro benzene ring substituents is 1. The molecule has 2 rings (SSSR count). The molecule has 0 bridgehead atoms. The fourth-order valence-corrected chi connectivity index (χ4v) is 1.98. The quantitative estimate of drug-likeness (QED) is 0.364. The van der Waals surface area contributed by atoms with Gasteiger partial charge in [0.1, 0.15) is 0 Å². The van der Waals surface area contributed by atoms with E-state index in [2.05, 4.69) is 10.5 Å². The van der Waals surface area contributed by atoms with Gasteiger partial charge in [-0.15, -0.1) is 0 Å². The standard InChI is InChI=1S/C17H17N3O4/c1-2-24-17(21)12-16(13-6-4-3-5-7-13)19-18-14-8-10-15(11-9-14)20(22)23/h3-11,18H,2,12H2,1H3/b19-16+. The van der Waals surface area contributed by atoms with Crippen LogP contribution < -0.4 is 5.43 Å². The van der Waals surface area contributed by atoms with Gasteiger partial charge in [0.25, 0.3) is 5.69 Å². The van der Waals surface area contributed by atoms with Crippen molar-refractivity contribution in [2.75, 3.05) is 12.0 Å². The molecule has 0 aromatic heterocycles. The molecule has 24 heavy (non-hydrogen) atoms. The van der Waals surface area contributed by atoms with Gasteiger partial charge >= 0.3 is 5.97 Å². The fourth-order valence-electron chi connectivity index (χ4n) is 1.98. The zero-order valence-corrected chi connectivity index (χ0v) is 13.1.